The predicted octanol–water partition coefficient (Wildman–Crippen LogP) is 12.4. The van der Waals surface area contributed by atoms with E-state index in [9.17, 15) is 23.2 Å². The topological polar surface area (TPSA) is 300 Å². The third-order valence-corrected chi connectivity index (χ3v) is 11.0. The minimum Gasteiger partial charge on any atom is -0.476 e. The van der Waals surface area contributed by atoms with Gasteiger partial charge in [0.1, 0.15) is 11.6 Å². The number of nitrogens with zero attached hydrogens (tertiary/aromatic N) is 7. The number of pyridine rings is 5. The van der Waals surface area contributed by atoms with Crippen molar-refractivity contribution in [2.45, 2.75) is 45.0 Å². The fraction of sp³-hybridized carbons (Fsp3) is 0.121. The van der Waals surface area contributed by atoms with Crippen LogP contribution in [0, 0.1) is 17.6 Å². The number of anilines is 3. The largest absolute Gasteiger partial charge is 0.490 e. The Labute approximate surface area is 525 Å². The van der Waals surface area contributed by atoms with Gasteiger partial charge in [-0.2, -0.15) is 31.0 Å². The van der Waals surface area contributed by atoms with Crippen LogP contribution in [0.3, 0.4) is 0 Å². The van der Waals surface area contributed by atoms with Gasteiger partial charge in [-0.15, -0.1) is 0 Å². The molecule has 0 bridgehead atoms. The Balaban J connectivity index is 0.000000228. The number of carboxylic acid groups (broad SMARTS) is 1. The van der Waals surface area contributed by atoms with E-state index >= 15 is 0 Å². The average Bonchev–Trinajstić information content (AvgIpc) is 3.17. The molecule has 11 aromatic rings. The number of hydrogen-bond acceptors (Lipinski definition) is 13. The number of amides is 2. The fourth-order valence-electron chi connectivity index (χ4n) is 6.57. The quantitative estimate of drug-likeness (QED) is 0.0310. The number of nitrogens with two attached hydrogens (primary N) is 1. The maximum atomic E-state index is 13.4. The summed E-state index contributed by atoms with van der Waals surface area (Å²) in [5.41, 5.74) is 12.0. The van der Waals surface area contributed by atoms with Crippen LogP contribution in [0.2, 0.25) is 0 Å². The maximum absolute atomic E-state index is 13.4. The Morgan fingerprint density at radius 3 is 1.58 bits per heavy atom. The van der Waals surface area contributed by atoms with Crippen molar-refractivity contribution >= 4 is 135 Å². The number of benzene rings is 3. The molecule has 19 nitrogen and oxygen atoms in total. The van der Waals surface area contributed by atoms with Gasteiger partial charge in [0, 0.05) is 107 Å². The smallest absolute Gasteiger partial charge is 0.476 e. The molecular weight excluding hydrogens is 1360 g/mol. The van der Waals surface area contributed by atoms with E-state index in [-0.39, 0.29) is 47.2 Å². The van der Waals surface area contributed by atoms with E-state index < -0.39 is 24.7 Å². The van der Waals surface area contributed by atoms with Gasteiger partial charge in [-0.25, -0.2) is 13.6 Å². The summed E-state index contributed by atoms with van der Waals surface area (Å²) in [7, 11) is -1.65. The summed E-state index contributed by atoms with van der Waals surface area (Å²) in [5.74, 6) is -1.11. The first-order valence-corrected chi connectivity index (χ1v) is 27.3. The summed E-state index contributed by atoms with van der Waals surface area (Å²) in [6.45, 7) is 12.8. The summed E-state index contributed by atoms with van der Waals surface area (Å²) < 4.78 is 27.9. The van der Waals surface area contributed by atoms with Gasteiger partial charge in [-0.1, -0.05) is 81.3 Å². The fourth-order valence-corrected chi connectivity index (χ4v) is 7.30. The molecule has 0 aliphatic rings. The van der Waals surface area contributed by atoms with E-state index in [2.05, 4.69) is 157 Å². The van der Waals surface area contributed by atoms with Gasteiger partial charge in [0.25, 0.3) is 11.8 Å². The Morgan fingerprint density at radius 1 is 0.619 bits per heavy atom. The van der Waals surface area contributed by atoms with Gasteiger partial charge in [0.15, 0.2) is 11.4 Å². The zero-order chi connectivity index (χ0) is 60.6. The number of carbonyl (C=O) groups excluding carboxylic acids is 2. The van der Waals surface area contributed by atoms with Crippen molar-refractivity contribution in [1.82, 2.24) is 50.3 Å². The molecule has 0 saturated carbocycles. The number of carbonyl (C=O) groups is 3. The van der Waals surface area contributed by atoms with E-state index in [1.165, 1.54) is 18.2 Å². The van der Waals surface area contributed by atoms with Crippen LogP contribution < -0.4 is 21.8 Å². The first-order chi connectivity index (χ1) is 39.4. The molecule has 0 spiro atoms. The molecule has 0 saturated heterocycles. The normalized spacial score (nSPS) is 10.2. The van der Waals surface area contributed by atoms with Crippen molar-refractivity contribution in [3.05, 3.63) is 215 Å². The van der Waals surface area contributed by atoms with Crippen molar-refractivity contribution in [2.24, 2.45) is 0 Å². The number of hydrogen-bond donors (Lipinski definition) is 9. The predicted molar refractivity (Wildman–Crippen MR) is 337 cm³/mol. The summed E-state index contributed by atoms with van der Waals surface area (Å²) in [4.78, 5) is 57.4. The Hall–Kier alpha value is -7.78. The van der Waals surface area contributed by atoms with Crippen molar-refractivity contribution in [2.75, 3.05) is 16.4 Å². The van der Waals surface area contributed by atoms with Crippen molar-refractivity contribution in [3.8, 4) is 11.1 Å². The number of carboxylic acids is 1. The van der Waals surface area contributed by atoms with Crippen LogP contribution in [0.5, 0.6) is 0 Å². The van der Waals surface area contributed by atoms with Crippen LogP contribution in [0.15, 0.2) is 180 Å². The van der Waals surface area contributed by atoms with Crippen molar-refractivity contribution in [3.63, 3.8) is 0 Å². The molecule has 84 heavy (non-hydrogen) atoms. The molecule has 0 aliphatic heterocycles. The van der Waals surface area contributed by atoms with Gasteiger partial charge < -0.3 is 42.4 Å². The SMILES string of the molecule is CC(C)(C)I.C[C-](C)C.Nc1cccnc1.O=C(Nc1cccnc1)c1c[nH]c2ccc(Br)cc12.O=C(Nc1cccnc1)c1n[nH]c2ccc(-c3cncc(F)c3)cc12.O=C(O)c1n[nH]c2ccc(Br)cc12.OB(O)c1cncc(F)c1.[V]. The summed E-state index contributed by atoms with van der Waals surface area (Å²) >= 11 is 9.05. The molecule has 3 aromatic carbocycles. The molecule has 0 atom stereocenters. The number of halogens is 5. The van der Waals surface area contributed by atoms with E-state index in [0.717, 1.165) is 49.4 Å². The van der Waals surface area contributed by atoms with Crippen LogP contribution in [0.25, 0.3) is 43.8 Å². The van der Waals surface area contributed by atoms with E-state index in [1.54, 1.807) is 110 Å². The van der Waals surface area contributed by atoms with Gasteiger partial charge in [0.05, 0.1) is 58.4 Å². The number of fused-ring (bicyclic) bond motifs is 3. The van der Waals surface area contributed by atoms with Gasteiger partial charge in [-0.05, 0) is 103 Å². The summed E-state index contributed by atoms with van der Waals surface area (Å²) in [6.07, 6.45) is 16.4. The van der Waals surface area contributed by atoms with Crippen LogP contribution >= 0.6 is 54.5 Å². The number of rotatable bonds is 7. The molecule has 2 amide bonds. The second-order valence-corrected chi connectivity index (χ2v) is 23.8. The summed E-state index contributed by atoms with van der Waals surface area (Å²) in [5, 5.41) is 46.7. The zero-order valence-corrected chi connectivity index (χ0v) is 52.6. The second kappa shape index (κ2) is 34.1. The van der Waals surface area contributed by atoms with Gasteiger partial charge >= 0.3 is 13.1 Å². The van der Waals surface area contributed by atoms with Gasteiger partial charge in [0.2, 0.25) is 0 Å². The molecule has 8 aromatic heterocycles. The molecule has 1 radical (unpaired) electrons. The average molecular weight is 1420 g/mol. The summed E-state index contributed by atoms with van der Waals surface area (Å²) in [6, 6.07) is 29.6. The number of nitrogen functional groups attached to an aromatic ring is 1. The molecule has 8 heterocycles. The van der Waals surface area contributed by atoms with E-state index in [1.807, 2.05) is 30.3 Å². The van der Waals surface area contributed by atoms with Crippen LogP contribution in [-0.2, 0) is 18.6 Å². The number of aromatic amines is 3. The van der Waals surface area contributed by atoms with Crippen molar-refractivity contribution in [1.29, 1.82) is 0 Å². The monoisotopic (exact) mass is 1420 g/mol. The number of H-pyrrole nitrogens is 3. The van der Waals surface area contributed by atoms with Gasteiger partial charge in [-0.3, -0.25) is 44.7 Å². The zero-order valence-electron chi connectivity index (χ0n) is 45.9. The molecule has 0 aliphatic carbocycles. The second-order valence-electron chi connectivity index (χ2n) is 18.7. The molecule has 433 valence electrons. The molecule has 0 unspecified atom stereocenters. The Kier molecular flexibility index (Phi) is 27.9. The van der Waals surface area contributed by atoms with E-state index in [0.29, 0.717) is 47.9 Å². The van der Waals surface area contributed by atoms with Crippen LogP contribution in [0.1, 0.15) is 72.9 Å². The third-order valence-electron chi connectivity index (χ3n) is 9.98. The molecule has 11 rings (SSSR count). The third kappa shape index (κ3) is 23.5. The minimum absolute atomic E-state index is 0. The molecule has 26 heteroatoms. The number of aromatic carboxylic acids is 1. The van der Waals surface area contributed by atoms with Crippen LogP contribution in [0.4, 0.5) is 25.8 Å². The Bertz CT molecular complexity index is 3840. The number of nitrogens with one attached hydrogen (secondary N) is 5. The molecular formula is C58H56BBr2F2IN13O6V-. The first-order valence-electron chi connectivity index (χ1n) is 24.7. The van der Waals surface area contributed by atoms with Crippen molar-refractivity contribution < 1.29 is 56.9 Å². The van der Waals surface area contributed by atoms with E-state index in [4.69, 9.17) is 20.9 Å². The first kappa shape index (κ1) is 68.7. The molecule has 0 fully saturated rings. The number of aromatic nitrogens is 10. The standard InChI is InChI=1S/C18H12FN5O.C14H10BrN3O.C8H5BrN2O2.C5H5BFNO2.C5H6N2.C4H9I.C4H9.V/c19-13-6-12(8-21-9-13)11-3-4-16-15(7-11)17(24-23-16)18(25)22-14-2-1-5-20-10-14;15-9-3-4-13-11(6-9)12(8-17-13)14(19)18-10-2-1-5-16-7-10;9-4-1-2-6-5(3-4)7(8(12)13)11-10-6;7-5-1-4(6(9)10)2-8-3-5;6-5-2-1-3-7-4-5;1-4(2,3)5;1-4(2)3;/h1-10H,(H,22,25)(H,23,24);1-8,17H,(H,18,19);1-3H,(H,10,11)(H,12,13);1-3,9-10H;1-4H,6H2;1-3H3;1-3H3;/q;;;;;;-1;. The Morgan fingerprint density at radius 2 is 1.11 bits per heavy atom. The van der Waals surface area contributed by atoms with Crippen LogP contribution in [-0.4, -0.2) is 93.8 Å². The minimum atomic E-state index is -1.65. The number of alkyl halides is 1. The molecule has 10 N–H and O–H groups in total. The maximum Gasteiger partial charge on any atom is 0.490 e.